The predicted molar refractivity (Wildman–Crippen MR) is 99.0 cm³/mol. The molecule has 0 aliphatic heterocycles. The lowest BCUT2D eigenvalue weighted by atomic mass is 10.0. The largest absolute Gasteiger partial charge is 0.422 e. The Morgan fingerprint density at radius 3 is 2.15 bits per heavy atom. The van der Waals surface area contributed by atoms with E-state index >= 15 is 0 Å². The topological polar surface area (TPSA) is 86.5 Å². The third kappa shape index (κ3) is 4.43. The van der Waals surface area contributed by atoms with E-state index in [1.807, 2.05) is 30.3 Å². The summed E-state index contributed by atoms with van der Waals surface area (Å²) in [6.45, 7) is 0. The van der Waals surface area contributed by atoms with Crippen LogP contribution in [0.25, 0.3) is 0 Å². The average Bonchev–Trinajstić information content (AvgIpc) is 2.69. The molecule has 6 nitrogen and oxygen atoms in total. The van der Waals surface area contributed by atoms with Gasteiger partial charge in [0.05, 0.1) is 16.1 Å². The highest BCUT2D eigenvalue weighted by molar-refractivity contribution is 6.01. The third-order valence-electron chi connectivity index (χ3n) is 3.91. The van der Waals surface area contributed by atoms with E-state index in [4.69, 9.17) is 4.74 Å². The summed E-state index contributed by atoms with van der Waals surface area (Å²) in [5.74, 6) is -0.708. The number of carbonyl (C=O) groups is 2. The summed E-state index contributed by atoms with van der Waals surface area (Å²) < 4.78 is 5.36. The maximum atomic E-state index is 12.6. The number of benzene rings is 3. The van der Waals surface area contributed by atoms with E-state index < -0.39 is 10.9 Å². The summed E-state index contributed by atoms with van der Waals surface area (Å²) in [4.78, 5) is 35.1. The molecule has 6 heteroatoms. The zero-order valence-corrected chi connectivity index (χ0v) is 14.2. The highest BCUT2D eigenvalue weighted by Crippen LogP contribution is 2.22. The van der Waals surface area contributed by atoms with E-state index in [1.54, 1.807) is 24.3 Å². The Labute approximate surface area is 155 Å². The van der Waals surface area contributed by atoms with Gasteiger partial charge in [-0.3, -0.25) is 14.9 Å². The van der Waals surface area contributed by atoms with E-state index in [-0.39, 0.29) is 29.2 Å². The molecule has 0 amide bonds. The van der Waals surface area contributed by atoms with Gasteiger partial charge in [-0.25, -0.2) is 4.79 Å². The number of hydrogen-bond donors (Lipinski definition) is 0. The van der Waals surface area contributed by atoms with E-state index in [0.717, 1.165) is 5.56 Å². The van der Waals surface area contributed by atoms with Crippen LogP contribution >= 0.6 is 0 Å². The fourth-order valence-corrected chi connectivity index (χ4v) is 2.54. The molecule has 134 valence electrons. The molecule has 0 radical (unpaired) electrons. The first kappa shape index (κ1) is 18.0. The maximum Gasteiger partial charge on any atom is 0.343 e. The van der Waals surface area contributed by atoms with Gasteiger partial charge in [-0.2, -0.15) is 0 Å². The molecule has 0 N–H and O–H groups in total. The Kier molecular flexibility index (Phi) is 5.37. The fourth-order valence-electron chi connectivity index (χ4n) is 2.54. The van der Waals surface area contributed by atoms with Gasteiger partial charge < -0.3 is 4.74 Å². The normalized spacial score (nSPS) is 10.2. The van der Waals surface area contributed by atoms with Crippen molar-refractivity contribution in [2.75, 3.05) is 0 Å². The number of carbonyl (C=O) groups excluding carboxylic acids is 2. The molecule has 0 aromatic heterocycles. The van der Waals surface area contributed by atoms with Crippen molar-refractivity contribution >= 4 is 17.4 Å². The van der Waals surface area contributed by atoms with Crippen LogP contribution in [0.4, 0.5) is 5.69 Å². The SMILES string of the molecule is O=C(Oc1ccccc1C(=O)Cc1ccccc1)c1ccc([N+](=O)[O-])cc1. The number of ketones is 1. The minimum absolute atomic E-state index is 0.120. The molecule has 3 rings (SSSR count). The van der Waals surface area contributed by atoms with Crippen molar-refractivity contribution in [3.63, 3.8) is 0 Å². The minimum atomic E-state index is -0.690. The van der Waals surface area contributed by atoms with Crippen molar-refractivity contribution in [2.45, 2.75) is 6.42 Å². The first-order chi connectivity index (χ1) is 13.0. The number of ether oxygens (including phenoxy) is 1. The number of hydrogen-bond acceptors (Lipinski definition) is 5. The van der Waals surface area contributed by atoms with Gasteiger partial charge in [-0.05, 0) is 29.8 Å². The lowest BCUT2D eigenvalue weighted by molar-refractivity contribution is -0.384. The lowest BCUT2D eigenvalue weighted by Crippen LogP contribution is -2.12. The molecule has 0 atom stereocenters. The average molecular weight is 361 g/mol. The number of para-hydroxylation sites is 1. The van der Waals surface area contributed by atoms with Gasteiger partial charge in [0, 0.05) is 18.6 Å². The molecule has 0 bridgehead atoms. The number of rotatable bonds is 6. The molecule has 0 fully saturated rings. The second kappa shape index (κ2) is 8.05. The van der Waals surface area contributed by atoms with E-state index in [2.05, 4.69) is 0 Å². The van der Waals surface area contributed by atoms with Gasteiger partial charge in [0.2, 0.25) is 0 Å². The minimum Gasteiger partial charge on any atom is -0.422 e. The van der Waals surface area contributed by atoms with Gasteiger partial charge in [-0.15, -0.1) is 0 Å². The third-order valence-corrected chi connectivity index (χ3v) is 3.91. The molecule has 0 aliphatic carbocycles. The van der Waals surface area contributed by atoms with Gasteiger partial charge >= 0.3 is 5.97 Å². The van der Waals surface area contributed by atoms with Crippen molar-refractivity contribution in [1.29, 1.82) is 0 Å². The summed E-state index contributed by atoms with van der Waals surface area (Å²) in [6, 6.07) is 20.9. The van der Waals surface area contributed by atoms with Crippen molar-refractivity contribution in [1.82, 2.24) is 0 Å². The zero-order valence-electron chi connectivity index (χ0n) is 14.2. The lowest BCUT2D eigenvalue weighted by Gasteiger charge is -2.09. The van der Waals surface area contributed by atoms with E-state index in [0.29, 0.717) is 5.56 Å². The number of nitro benzene ring substituents is 1. The molecular weight excluding hydrogens is 346 g/mol. The summed E-state index contributed by atoms with van der Waals surface area (Å²) in [6.07, 6.45) is 0.187. The summed E-state index contributed by atoms with van der Waals surface area (Å²) in [5.41, 5.74) is 1.20. The van der Waals surface area contributed by atoms with Crippen molar-refractivity contribution in [2.24, 2.45) is 0 Å². The van der Waals surface area contributed by atoms with Crippen LogP contribution in [0.3, 0.4) is 0 Å². The summed E-state index contributed by atoms with van der Waals surface area (Å²) in [7, 11) is 0. The number of esters is 1. The number of nitrogens with zero attached hydrogens (tertiary/aromatic N) is 1. The number of nitro groups is 1. The van der Waals surface area contributed by atoms with Crippen molar-refractivity contribution in [3.05, 3.63) is 106 Å². The summed E-state index contributed by atoms with van der Waals surface area (Å²) >= 11 is 0. The predicted octanol–water partition coefficient (Wildman–Crippen LogP) is 4.24. The Morgan fingerprint density at radius 1 is 0.852 bits per heavy atom. The van der Waals surface area contributed by atoms with Gasteiger partial charge in [0.1, 0.15) is 5.75 Å². The first-order valence-corrected chi connectivity index (χ1v) is 8.17. The Balaban J connectivity index is 1.78. The van der Waals surface area contributed by atoms with Crippen LogP contribution < -0.4 is 4.74 Å². The molecule has 3 aromatic carbocycles. The van der Waals surface area contributed by atoms with Crippen LogP contribution in [0.15, 0.2) is 78.9 Å². The fraction of sp³-hybridized carbons (Fsp3) is 0.0476. The molecule has 0 spiro atoms. The quantitative estimate of drug-likeness (QED) is 0.215. The monoisotopic (exact) mass is 361 g/mol. The van der Waals surface area contributed by atoms with Crippen LogP contribution in [0, 0.1) is 10.1 Å². The zero-order chi connectivity index (χ0) is 19.2. The molecule has 3 aromatic rings. The van der Waals surface area contributed by atoms with Gasteiger partial charge in [0.15, 0.2) is 5.78 Å². The van der Waals surface area contributed by atoms with Crippen LogP contribution in [0.2, 0.25) is 0 Å². The van der Waals surface area contributed by atoms with Crippen LogP contribution in [0.1, 0.15) is 26.3 Å². The maximum absolute atomic E-state index is 12.6. The second-order valence-corrected chi connectivity index (χ2v) is 5.78. The molecule has 27 heavy (non-hydrogen) atoms. The molecule has 0 saturated heterocycles. The van der Waals surface area contributed by atoms with E-state index in [1.165, 1.54) is 24.3 Å². The van der Waals surface area contributed by atoms with Crippen molar-refractivity contribution < 1.29 is 19.2 Å². The second-order valence-electron chi connectivity index (χ2n) is 5.78. The van der Waals surface area contributed by atoms with E-state index in [9.17, 15) is 19.7 Å². The molecule has 0 heterocycles. The molecular formula is C21H15NO5. The Hall–Kier alpha value is -3.80. The highest BCUT2D eigenvalue weighted by atomic mass is 16.6. The van der Waals surface area contributed by atoms with Gasteiger partial charge in [0.25, 0.3) is 5.69 Å². The Bertz CT molecular complexity index is 981. The molecule has 0 saturated carbocycles. The van der Waals surface area contributed by atoms with Crippen LogP contribution in [-0.2, 0) is 6.42 Å². The van der Waals surface area contributed by atoms with Crippen LogP contribution in [-0.4, -0.2) is 16.7 Å². The first-order valence-electron chi connectivity index (χ1n) is 8.17. The van der Waals surface area contributed by atoms with Crippen molar-refractivity contribution in [3.8, 4) is 5.75 Å². The van der Waals surface area contributed by atoms with Crippen LogP contribution in [0.5, 0.6) is 5.75 Å². The molecule has 0 unspecified atom stereocenters. The Morgan fingerprint density at radius 2 is 1.48 bits per heavy atom. The molecule has 0 aliphatic rings. The van der Waals surface area contributed by atoms with Gasteiger partial charge in [-0.1, -0.05) is 42.5 Å². The standard InChI is InChI=1S/C21H15NO5/c23-19(14-15-6-2-1-3-7-15)18-8-4-5-9-20(18)27-21(24)16-10-12-17(13-11-16)22(25)26/h1-13H,14H2. The number of non-ortho nitro benzene ring substituents is 1. The highest BCUT2D eigenvalue weighted by Gasteiger charge is 2.17. The number of Topliss-reactive ketones (excluding diaryl/α,β-unsaturated/α-hetero) is 1. The smallest absolute Gasteiger partial charge is 0.343 e. The summed E-state index contributed by atoms with van der Waals surface area (Å²) in [5, 5.41) is 10.7.